The number of rotatable bonds is 3. The lowest BCUT2D eigenvalue weighted by Crippen LogP contribution is -2.30. The minimum atomic E-state index is -0.926. The van der Waals surface area contributed by atoms with Gasteiger partial charge in [0.2, 0.25) is 11.2 Å². The van der Waals surface area contributed by atoms with Crippen LogP contribution in [0.2, 0.25) is 5.28 Å². The number of hydrogen-bond donors (Lipinski definition) is 2. The number of carbonyl (C=O) groups excluding carboxylic acids is 1. The molecule has 0 aliphatic heterocycles. The number of aliphatic carboxylic acids is 1. The number of carbonyl (C=O) groups is 2. The van der Waals surface area contributed by atoms with Crippen LogP contribution in [0.4, 0.5) is 5.82 Å². The lowest BCUT2D eigenvalue weighted by molar-refractivity contribution is -0.145. The first-order chi connectivity index (χ1) is 8.97. The van der Waals surface area contributed by atoms with Crippen LogP contribution >= 0.6 is 11.6 Å². The fourth-order valence-corrected chi connectivity index (χ4v) is 2.63. The zero-order chi connectivity index (χ0) is 14.0. The molecule has 0 aromatic carbocycles. The quantitative estimate of drug-likeness (QED) is 0.826. The number of halogens is 1. The summed E-state index contributed by atoms with van der Waals surface area (Å²) in [5, 5.41) is 11.8. The zero-order valence-corrected chi connectivity index (χ0v) is 11.1. The predicted molar refractivity (Wildman–Crippen MR) is 68.7 cm³/mol. The Bertz CT molecular complexity index is 509. The maximum Gasteiger partial charge on any atom is 0.307 e. The third-order valence-electron chi connectivity index (χ3n) is 3.33. The summed E-state index contributed by atoms with van der Waals surface area (Å²) >= 11 is 5.62. The minimum Gasteiger partial charge on any atom is -0.481 e. The highest BCUT2D eigenvalue weighted by molar-refractivity contribution is 6.28. The molecule has 0 bridgehead atoms. The molecule has 1 saturated carbocycles. The number of aromatic nitrogens is 2. The Morgan fingerprint density at radius 2 is 2.11 bits per heavy atom. The van der Waals surface area contributed by atoms with E-state index in [-0.39, 0.29) is 22.9 Å². The van der Waals surface area contributed by atoms with Crippen LogP contribution in [0.25, 0.3) is 0 Å². The molecule has 7 heteroatoms. The Morgan fingerprint density at radius 1 is 1.42 bits per heavy atom. The van der Waals surface area contributed by atoms with Gasteiger partial charge in [0.25, 0.3) is 0 Å². The van der Waals surface area contributed by atoms with E-state index in [9.17, 15) is 9.59 Å². The fourth-order valence-electron chi connectivity index (χ4n) is 2.48. The summed E-state index contributed by atoms with van der Waals surface area (Å²) in [6.45, 7) is 1.95. The Morgan fingerprint density at radius 3 is 2.74 bits per heavy atom. The molecular weight excluding hydrogens is 270 g/mol. The highest BCUT2D eigenvalue weighted by Gasteiger charge is 2.41. The fraction of sp³-hybridized carbons (Fsp3) is 0.500. The summed E-state index contributed by atoms with van der Waals surface area (Å²) in [5.41, 5.74) is 0. The topological polar surface area (TPSA) is 92.2 Å². The third kappa shape index (κ3) is 3.20. The van der Waals surface area contributed by atoms with E-state index in [0.29, 0.717) is 12.8 Å². The second kappa shape index (κ2) is 5.52. The van der Waals surface area contributed by atoms with E-state index in [0.717, 1.165) is 0 Å². The largest absolute Gasteiger partial charge is 0.481 e. The van der Waals surface area contributed by atoms with Crippen molar-refractivity contribution in [3.63, 3.8) is 0 Å². The number of nitrogens with zero attached hydrogens (tertiary/aromatic N) is 2. The maximum absolute atomic E-state index is 12.1. The van der Waals surface area contributed by atoms with Gasteiger partial charge in [0.1, 0.15) is 5.82 Å². The molecule has 3 atom stereocenters. The van der Waals surface area contributed by atoms with Crippen molar-refractivity contribution in [1.82, 2.24) is 9.97 Å². The first-order valence-corrected chi connectivity index (χ1v) is 6.37. The second-order valence-electron chi connectivity index (χ2n) is 4.83. The van der Waals surface area contributed by atoms with Gasteiger partial charge in [-0.05, 0) is 36.4 Å². The van der Waals surface area contributed by atoms with E-state index in [1.165, 1.54) is 12.3 Å². The molecule has 1 aromatic rings. The van der Waals surface area contributed by atoms with Gasteiger partial charge in [-0.15, -0.1) is 0 Å². The molecule has 19 heavy (non-hydrogen) atoms. The molecule has 1 fully saturated rings. The van der Waals surface area contributed by atoms with Crippen molar-refractivity contribution < 1.29 is 14.7 Å². The van der Waals surface area contributed by atoms with Crippen LogP contribution < -0.4 is 5.32 Å². The second-order valence-corrected chi connectivity index (χ2v) is 5.17. The zero-order valence-electron chi connectivity index (χ0n) is 10.3. The first kappa shape index (κ1) is 13.7. The summed E-state index contributed by atoms with van der Waals surface area (Å²) in [7, 11) is 0. The van der Waals surface area contributed by atoms with E-state index < -0.39 is 17.8 Å². The highest BCUT2D eigenvalue weighted by atomic mass is 35.5. The van der Waals surface area contributed by atoms with Gasteiger partial charge in [0, 0.05) is 6.20 Å². The van der Waals surface area contributed by atoms with Crippen LogP contribution in [-0.4, -0.2) is 27.0 Å². The molecule has 3 unspecified atom stereocenters. The SMILES string of the molecule is CC1CC(C(=O)O)C(C(=O)Nc2ccnc(Cl)n2)C1. The number of nitrogens with one attached hydrogen (secondary N) is 1. The number of carboxylic acid groups (broad SMARTS) is 1. The Labute approximate surface area is 115 Å². The Balaban J connectivity index is 2.09. The molecule has 2 rings (SSSR count). The summed E-state index contributed by atoms with van der Waals surface area (Å²) in [5.74, 6) is -1.90. The van der Waals surface area contributed by atoms with E-state index in [1.54, 1.807) is 0 Å². The average Bonchev–Trinajstić information content (AvgIpc) is 2.71. The molecule has 1 heterocycles. The third-order valence-corrected chi connectivity index (χ3v) is 3.51. The van der Waals surface area contributed by atoms with Crippen molar-refractivity contribution in [3.05, 3.63) is 17.5 Å². The standard InChI is InChI=1S/C12H14ClN3O3/c1-6-4-7(8(5-6)11(18)19)10(17)15-9-2-3-14-12(13)16-9/h2-3,6-8H,4-5H2,1H3,(H,18,19)(H,14,15,16,17). The molecule has 2 N–H and O–H groups in total. The van der Waals surface area contributed by atoms with Gasteiger partial charge < -0.3 is 10.4 Å². The summed E-state index contributed by atoms with van der Waals surface area (Å²) < 4.78 is 0. The minimum absolute atomic E-state index is 0.0346. The molecule has 1 amide bonds. The van der Waals surface area contributed by atoms with Crippen molar-refractivity contribution in [2.75, 3.05) is 5.32 Å². The lowest BCUT2D eigenvalue weighted by atomic mass is 9.95. The van der Waals surface area contributed by atoms with E-state index >= 15 is 0 Å². The van der Waals surface area contributed by atoms with Crippen LogP contribution in [0.15, 0.2) is 12.3 Å². The van der Waals surface area contributed by atoms with Crippen molar-refractivity contribution in [3.8, 4) is 0 Å². The van der Waals surface area contributed by atoms with Crippen LogP contribution in [0.5, 0.6) is 0 Å². The molecule has 1 aliphatic carbocycles. The maximum atomic E-state index is 12.1. The van der Waals surface area contributed by atoms with Crippen molar-refractivity contribution in [1.29, 1.82) is 0 Å². The van der Waals surface area contributed by atoms with Gasteiger partial charge in [0.15, 0.2) is 0 Å². The predicted octanol–water partition coefficient (Wildman–Crippen LogP) is 1.82. The van der Waals surface area contributed by atoms with E-state index in [1.807, 2.05) is 6.92 Å². The molecule has 0 saturated heterocycles. The van der Waals surface area contributed by atoms with Gasteiger partial charge in [-0.25, -0.2) is 9.97 Å². The Kier molecular flexibility index (Phi) is 3.99. The van der Waals surface area contributed by atoms with Gasteiger partial charge >= 0.3 is 5.97 Å². The van der Waals surface area contributed by atoms with Gasteiger partial charge in [-0.3, -0.25) is 9.59 Å². The average molecular weight is 284 g/mol. The smallest absolute Gasteiger partial charge is 0.307 e. The lowest BCUT2D eigenvalue weighted by Gasteiger charge is -2.14. The summed E-state index contributed by atoms with van der Waals surface area (Å²) in [6, 6.07) is 1.51. The van der Waals surface area contributed by atoms with Crippen LogP contribution in [0.1, 0.15) is 19.8 Å². The molecule has 0 radical (unpaired) electrons. The molecular formula is C12H14ClN3O3. The molecule has 1 aromatic heterocycles. The van der Waals surface area contributed by atoms with Gasteiger partial charge in [-0.2, -0.15) is 0 Å². The summed E-state index contributed by atoms with van der Waals surface area (Å²) in [6.07, 6.45) is 2.52. The number of hydrogen-bond acceptors (Lipinski definition) is 4. The van der Waals surface area contributed by atoms with Crippen LogP contribution in [0.3, 0.4) is 0 Å². The van der Waals surface area contributed by atoms with Crippen molar-refractivity contribution in [2.24, 2.45) is 17.8 Å². The molecule has 1 aliphatic rings. The monoisotopic (exact) mass is 283 g/mol. The van der Waals surface area contributed by atoms with Gasteiger partial charge in [0.05, 0.1) is 11.8 Å². The number of carboxylic acids is 1. The van der Waals surface area contributed by atoms with E-state index in [2.05, 4.69) is 15.3 Å². The van der Waals surface area contributed by atoms with Crippen LogP contribution in [0, 0.1) is 17.8 Å². The molecule has 0 spiro atoms. The Hall–Kier alpha value is -1.69. The van der Waals surface area contributed by atoms with Gasteiger partial charge in [-0.1, -0.05) is 6.92 Å². The number of anilines is 1. The van der Waals surface area contributed by atoms with Crippen molar-refractivity contribution in [2.45, 2.75) is 19.8 Å². The highest BCUT2D eigenvalue weighted by Crippen LogP contribution is 2.37. The number of amides is 1. The molecule has 102 valence electrons. The normalized spacial score (nSPS) is 26.1. The first-order valence-electron chi connectivity index (χ1n) is 5.99. The van der Waals surface area contributed by atoms with Crippen molar-refractivity contribution >= 4 is 29.3 Å². The van der Waals surface area contributed by atoms with E-state index in [4.69, 9.17) is 16.7 Å². The summed E-state index contributed by atoms with van der Waals surface area (Å²) in [4.78, 5) is 30.8. The van der Waals surface area contributed by atoms with Crippen LogP contribution in [-0.2, 0) is 9.59 Å². The molecule has 6 nitrogen and oxygen atoms in total.